The van der Waals surface area contributed by atoms with E-state index in [0.717, 1.165) is 16.7 Å². The third-order valence-corrected chi connectivity index (χ3v) is 5.88. The number of carboxylic acid groups (broad SMARTS) is 1. The SMILES string of the molecule is COc1cc(Cl)c(C)cc1NC(=S)N(Cc1ccc(Cl)cc1)Cc1ccc(C(=O)[O-])cc1. The molecule has 3 rings (SSSR count). The third-order valence-electron chi connectivity index (χ3n) is 4.86. The molecule has 166 valence electrons. The predicted molar refractivity (Wildman–Crippen MR) is 130 cm³/mol. The average molecular weight is 488 g/mol. The number of halogens is 2. The van der Waals surface area contributed by atoms with Gasteiger partial charge in [0.15, 0.2) is 5.11 Å². The van der Waals surface area contributed by atoms with Crippen molar-refractivity contribution in [2.45, 2.75) is 20.0 Å². The Bertz CT molecular complexity index is 1120. The predicted octanol–water partition coefficient (Wildman–Crippen LogP) is 5.07. The van der Waals surface area contributed by atoms with E-state index in [1.165, 1.54) is 12.1 Å². The van der Waals surface area contributed by atoms with Crippen LogP contribution in [0.5, 0.6) is 5.75 Å². The first-order valence-corrected chi connectivity index (χ1v) is 10.9. The summed E-state index contributed by atoms with van der Waals surface area (Å²) in [5.41, 5.74) is 3.63. The van der Waals surface area contributed by atoms with Gasteiger partial charge in [0.25, 0.3) is 0 Å². The van der Waals surface area contributed by atoms with E-state index in [-0.39, 0.29) is 5.56 Å². The van der Waals surface area contributed by atoms with Gasteiger partial charge in [-0.15, -0.1) is 0 Å². The Morgan fingerprint density at radius 2 is 1.59 bits per heavy atom. The summed E-state index contributed by atoms with van der Waals surface area (Å²) in [6.07, 6.45) is 0. The minimum absolute atomic E-state index is 0.125. The lowest BCUT2D eigenvalue weighted by Crippen LogP contribution is -2.34. The number of anilines is 1. The maximum Gasteiger partial charge on any atom is 0.174 e. The number of methoxy groups -OCH3 is 1. The van der Waals surface area contributed by atoms with Gasteiger partial charge in [-0.25, -0.2) is 0 Å². The van der Waals surface area contributed by atoms with Crippen molar-refractivity contribution in [1.29, 1.82) is 0 Å². The molecule has 0 heterocycles. The molecule has 0 fully saturated rings. The van der Waals surface area contributed by atoms with Crippen LogP contribution >= 0.6 is 35.4 Å². The number of aryl methyl sites for hydroxylation is 1. The van der Waals surface area contributed by atoms with Crippen molar-refractivity contribution in [2.24, 2.45) is 0 Å². The highest BCUT2D eigenvalue weighted by molar-refractivity contribution is 7.80. The van der Waals surface area contributed by atoms with E-state index in [4.69, 9.17) is 40.2 Å². The van der Waals surface area contributed by atoms with Gasteiger partial charge in [-0.1, -0.05) is 59.6 Å². The van der Waals surface area contributed by atoms with Crippen LogP contribution < -0.4 is 15.2 Å². The van der Waals surface area contributed by atoms with Crippen molar-refractivity contribution in [2.75, 3.05) is 12.4 Å². The number of rotatable bonds is 7. The summed E-state index contributed by atoms with van der Waals surface area (Å²) in [5.74, 6) is -0.635. The molecule has 0 aromatic heterocycles. The Balaban J connectivity index is 1.87. The van der Waals surface area contributed by atoms with E-state index in [1.807, 2.05) is 42.2 Å². The fourth-order valence-electron chi connectivity index (χ4n) is 3.10. The first-order chi connectivity index (χ1) is 15.3. The van der Waals surface area contributed by atoms with Crippen LogP contribution in [0, 0.1) is 6.92 Å². The molecule has 0 unspecified atom stereocenters. The standard InChI is InChI=1S/C24H22Cl2N2O3S/c1-15-11-21(22(31-2)12-20(15)26)27-24(32)28(14-17-5-9-19(25)10-6-17)13-16-3-7-18(8-4-16)23(29)30/h3-12H,13-14H2,1-2H3,(H,27,32)(H,29,30)/p-1. The second-order valence-corrected chi connectivity index (χ2v) is 8.43. The van der Waals surface area contributed by atoms with E-state index in [0.29, 0.717) is 39.7 Å². The van der Waals surface area contributed by atoms with Gasteiger partial charge in [-0.3, -0.25) is 0 Å². The summed E-state index contributed by atoms with van der Waals surface area (Å²) >= 11 is 18.0. The Labute approximate surface area is 202 Å². The number of ether oxygens (including phenoxy) is 1. The number of nitrogens with one attached hydrogen (secondary N) is 1. The number of carbonyl (C=O) groups excluding carboxylic acids is 1. The van der Waals surface area contributed by atoms with Crippen molar-refractivity contribution < 1.29 is 14.6 Å². The Hall–Kier alpha value is -2.80. The molecule has 0 saturated heterocycles. The largest absolute Gasteiger partial charge is 0.545 e. The first kappa shape index (κ1) is 23.9. The lowest BCUT2D eigenvalue weighted by atomic mass is 10.1. The van der Waals surface area contributed by atoms with Crippen molar-refractivity contribution in [3.63, 3.8) is 0 Å². The van der Waals surface area contributed by atoms with Gasteiger partial charge < -0.3 is 24.9 Å². The second kappa shape index (κ2) is 10.7. The highest BCUT2D eigenvalue weighted by Crippen LogP contribution is 2.31. The van der Waals surface area contributed by atoms with E-state index < -0.39 is 5.97 Å². The summed E-state index contributed by atoms with van der Waals surface area (Å²) in [4.78, 5) is 13.0. The second-order valence-electron chi connectivity index (χ2n) is 7.20. The molecule has 0 radical (unpaired) electrons. The molecule has 5 nitrogen and oxygen atoms in total. The zero-order chi connectivity index (χ0) is 23.3. The number of benzene rings is 3. The molecule has 0 saturated carbocycles. The van der Waals surface area contributed by atoms with Crippen LogP contribution in [0.15, 0.2) is 60.7 Å². The molecule has 0 aliphatic rings. The van der Waals surface area contributed by atoms with Crippen LogP contribution in [0.2, 0.25) is 10.0 Å². The van der Waals surface area contributed by atoms with Crippen molar-refractivity contribution in [3.05, 3.63) is 93.0 Å². The number of carboxylic acids is 1. The van der Waals surface area contributed by atoms with Gasteiger partial charge in [0, 0.05) is 29.2 Å². The number of hydrogen-bond acceptors (Lipinski definition) is 4. The monoisotopic (exact) mass is 487 g/mol. The molecular weight excluding hydrogens is 467 g/mol. The molecule has 0 aliphatic carbocycles. The van der Waals surface area contributed by atoms with Crippen molar-refractivity contribution in [3.8, 4) is 5.75 Å². The molecule has 3 aromatic carbocycles. The summed E-state index contributed by atoms with van der Waals surface area (Å²) < 4.78 is 5.45. The molecule has 8 heteroatoms. The van der Waals surface area contributed by atoms with Crippen LogP contribution in [0.3, 0.4) is 0 Å². The fraction of sp³-hybridized carbons (Fsp3) is 0.167. The third kappa shape index (κ3) is 6.13. The smallest absolute Gasteiger partial charge is 0.174 e. The summed E-state index contributed by atoms with van der Waals surface area (Å²) in [7, 11) is 1.57. The molecule has 0 bridgehead atoms. The van der Waals surface area contributed by atoms with Crippen LogP contribution in [0.25, 0.3) is 0 Å². The number of thiocarbonyl (C=S) groups is 1. The minimum atomic E-state index is -1.21. The maximum atomic E-state index is 11.0. The van der Waals surface area contributed by atoms with Gasteiger partial charge in [-0.05, 0) is 59.6 Å². The van der Waals surface area contributed by atoms with Crippen LogP contribution in [-0.4, -0.2) is 23.1 Å². The average Bonchev–Trinajstić information content (AvgIpc) is 2.77. The van der Waals surface area contributed by atoms with Gasteiger partial charge in [-0.2, -0.15) is 0 Å². The number of nitrogens with zero attached hydrogens (tertiary/aromatic N) is 1. The quantitative estimate of drug-likeness (QED) is 0.469. The van der Waals surface area contributed by atoms with Crippen LogP contribution in [0.1, 0.15) is 27.0 Å². The summed E-state index contributed by atoms with van der Waals surface area (Å²) in [6, 6.07) is 17.7. The van der Waals surface area contributed by atoms with E-state index >= 15 is 0 Å². The van der Waals surface area contributed by atoms with Crippen LogP contribution in [-0.2, 0) is 13.1 Å². The normalized spacial score (nSPS) is 10.5. The van der Waals surface area contributed by atoms with E-state index in [2.05, 4.69) is 5.32 Å². The zero-order valence-corrected chi connectivity index (χ0v) is 19.9. The van der Waals surface area contributed by atoms with Gasteiger partial charge in [0.2, 0.25) is 0 Å². The van der Waals surface area contributed by atoms with E-state index in [1.54, 1.807) is 25.3 Å². The highest BCUT2D eigenvalue weighted by Gasteiger charge is 2.15. The number of carbonyl (C=O) groups is 1. The minimum Gasteiger partial charge on any atom is -0.545 e. The molecule has 0 spiro atoms. The van der Waals surface area contributed by atoms with Gasteiger partial charge >= 0.3 is 0 Å². The van der Waals surface area contributed by atoms with Crippen molar-refractivity contribution >= 4 is 52.2 Å². The fourth-order valence-corrected chi connectivity index (χ4v) is 3.62. The first-order valence-electron chi connectivity index (χ1n) is 9.71. The lowest BCUT2D eigenvalue weighted by molar-refractivity contribution is -0.255. The topological polar surface area (TPSA) is 64.6 Å². The van der Waals surface area contributed by atoms with Gasteiger partial charge in [0.05, 0.1) is 18.8 Å². The van der Waals surface area contributed by atoms with Gasteiger partial charge in [0.1, 0.15) is 5.75 Å². The Kier molecular flexibility index (Phi) is 7.96. The molecule has 0 aliphatic heterocycles. The molecule has 0 amide bonds. The molecule has 32 heavy (non-hydrogen) atoms. The molecular formula is C24H21Cl2N2O3S-. The number of aromatic carboxylic acids is 1. The number of hydrogen-bond donors (Lipinski definition) is 1. The Morgan fingerprint density at radius 3 is 2.12 bits per heavy atom. The Morgan fingerprint density at radius 1 is 1.03 bits per heavy atom. The zero-order valence-electron chi connectivity index (χ0n) is 17.5. The van der Waals surface area contributed by atoms with Crippen molar-refractivity contribution in [1.82, 2.24) is 4.90 Å². The van der Waals surface area contributed by atoms with Crippen LogP contribution in [0.4, 0.5) is 5.69 Å². The molecule has 1 N–H and O–H groups in total. The summed E-state index contributed by atoms with van der Waals surface area (Å²) in [5, 5.41) is 16.0. The van der Waals surface area contributed by atoms with E-state index in [9.17, 15) is 9.90 Å². The summed E-state index contributed by atoms with van der Waals surface area (Å²) in [6.45, 7) is 2.87. The molecule has 0 atom stereocenters. The lowest BCUT2D eigenvalue weighted by Gasteiger charge is -2.27. The molecule has 3 aromatic rings. The highest BCUT2D eigenvalue weighted by atomic mass is 35.5. The maximum absolute atomic E-state index is 11.0.